The Hall–Kier alpha value is -2.48. The van der Waals surface area contributed by atoms with Gasteiger partial charge in [0.1, 0.15) is 12.7 Å². The highest BCUT2D eigenvalue weighted by molar-refractivity contribution is 5.98. The van der Waals surface area contributed by atoms with Gasteiger partial charge in [-0.15, -0.1) is 0 Å². The summed E-state index contributed by atoms with van der Waals surface area (Å²) in [7, 11) is 1.60. The second-order valence-corrected chi connectivity index (χ2v) is 5.87. The van der Waals surface area contributed by atoms with Gasteiger partial charge >= 0.3 is 0 Å². The average molecular weight is 330 g/mol. The molecule has 1 aliphatic rings. The highest BCUT2D eigenvalue weighted by atomic mass is 16.5. The van der Waals surface area contributed by atoms with Crippen molar-refractivity contribution in [1.82, 2.24) is 30.0 Å². The molecule has 0 aliphatic carbocycles. The Kier molecular flexibility index (Phi) is 4.75. The molecule has 24 heavy (non-hydrogen) atoms. The van der Waals surface area contributed by atoms with Crippen molar-refractivity contribution in [3.63, 3.8) is 0 Å². The lowest BCUT2D eigenvalue weighted by atomic mass is 10.1. The number of ether oxygens (including phenoxy) is 1. The number of hydrogen-bond donors (Lipinski definition) is 1. The van der Waals surface area contributed by atoms with Gasteiger partial charge in [-0.1, -0.05) is 0 Å². The highest BCUT2D eigenvalue weighted by Gasteiger charge is 2.29. The van der Waals surface area contributed by atoms with Crippen LogP contribution in [0.15, 0.2) is 18.7 Å². The normalized spacial score (nSPS) is 14.8. The van der Waals surface area contributed by atoms with Gasteiger partial charge in [-0.25, -0.2) is 9.97 Å². The van der Waals surface area contributed by atoms with Crippen molar-refractivity contribution >= 4 is 5.91 Å². The highest BCUT2D eigenvalue weighted by Crippen LogP contribution is 2.26. The van der Waals surface area contributed by atoms with Crippen molar-refractivity contribution in [1.29, 1.82) is 0 Å². The zero-order chi connectivity index (χ0) is 17.1. The summed E-state index contributed by atoms with van der Waals surface area (Å²) in [6, 6.07) is 2.08. The number of fused-ring (bicyclic) bond motifs is 1. The monoisotopic (exact) mass is 330 g/mol. The molecule has 3 rings (SSSR count). The summed E-state index contributed by atoms with van der Waals surface area (Å²) in [5.74, 6) is 0.611. The topological polar surface area (TPSA) is 85.2 Å². The largest absolute Gasteiger partial charge is 0.481 e. The maximum Gasteiger partial charge on any atom is 0.256 e. The van der Waals surface area contributed by atoms with Gasteiger partial charge in [-0.2, -0.15) is 5.10 Å². The molecular weight excluding hydrogens is 308 g/mol. The minimum atomic E-state index is 0.0413. The number of aromatic nitrogens is 4. The predicted octanol–water partition coefficient (Wildman–Crippen LogP) is 0.836. The number of rotatable bonds is 7. The smallest absolute Gasteiger partial charge is 0.256 e. The first kappa shape index (κ1) is 16.4. The lowest BCUT2D eigenvalue weighted by molar-refractivity contribution is 0.0786. The number of pyridine rings is 1. The van der Waals surface area contributed by atoms with Crippen LogP contribution in [0, 0.1) is 0 Å². The standard InChI is InChI=1S/C16H22N6O2/c1-4-21-8-14-13(16(21)23)5-12(15(20-14)24-3)6-18-11(2)7-22-10-17-9-19-22/h5,9-11,18H,4,6-8H2,1-3H3/t11-/m1/s1. The zero-order valence-electron chi connectivity index (χ0n) is 14.2. The molecule has 0 radical (unpaired) electrons. The van der Waals surface area contributed by atoms with Crippen molar-refractivity contribution in [2.24, 2.45) is 0 Å². The Morgan fingerprint density at radius 3 is 2.96 bits per heavy atom. The molecule has 8 heteroatoms. The predicted molar refractivity (Wildman–Crippen MR) is 87.5 cm³/mol. The van der Waals surface area contributed by atoms with E-state index >= 15 is 0 Å². The van der Waals surface area contributed by atoms with Gasteiger partial charge in [0.05, 0.1) is 31.5 Å². The molecule has 3 heterocycles. The number of nitrogens with zero attached hydrogens (tertiary/aromatic N) is 5. The Balaban J connectivity index is 1.71. The number of hydrogen-bond acceptors (Lipinski definition) is 6. The first-order chi connectivity index (χ1) is 11.6. The maximum absolute atomic E-state index is 12.3. The Morgan fingerprint density at radius 2 is 2.29 bits per heavy atom. The SMILES string of the molecule is CCN1Cc2nc(OC)c(CN[C@H](C)Cn3cncn3)cc2C1=O. The molecule has 8 nitrogen and oxygen atoms in total. The number of amides is 1. The van der Waals surface area contributed by atoms with Crippen LogP contribution in [0.1, 0.15) is 35.5 Å². The van der Waals surface area contributed by atoms with Crippen LogP contribution in [0.4, 0.5) is 0 Å². The van der Waals surface area contributed by atoms with E-state index in [0.717, 1.165) is 11.3 Å². The molecule has 0 saturated carbocycles. The minimum absolute atomic E-state index is 0.0413. The summed E-state index contributed by atoms with van der Waals surface area (Å²) in [5, 5.41) is 7.51. The fourth-order valence-electron chi connectivity index (χ4n) is 2.82. The lowest BCUT2D eigenvalue weighted by Gasteiger charge is -2.15. The zero-order valence-corrected chi connectivity index (χ0v) is 14.2. The second-order valence-electron chi connectivity index (χ2n) is 5.87. The molecule has 1 amide bonds. The van der Waals surface area contributed by atoms with Crippen molar-refractivity contribution in [2.75, 3.05) is 13.7 Å². The summed E-state index contributed by atoms with van der Waals surface area (Å²) < 4.78 is 7.18. The van der Waals surface area contributed by atoms with Gasteiger partial charge < -0.3 is 15.0 Å². The molecule has 0 bridgehead atoms. The minimum Gasteiger partial charge on any atom is -0.481 e. The van der Waals surface area contributed by atoms with Crippen LogP contribution in [0.5, 0.6) is 5.88 Å². The van der Waals surface area contributed by atoms with E-state index in [1.165, 1.54) is 6.33 Å². The van der Waals surface area contributed by atoms with Crippen molar-refractivity contribution in [3.8, 4) is 5.88 Å². The van der Waals surface area contributed by atoms with Crippen LogP contribution in [-0.4, -0.2) is 50.3 Å². The van der Waals surface area contributed by atoms with Crippen LogP contribution in [-0.2, 0) is 19.6 Å². The van der Waals surface area contributed by atoms with E-state index in [-0.39, 0.29) is 11.9 Å². The van der Waals surface area contributed by atoms with Crippen LogP contribution >= 0.6 is 0 Å². The molecule has 0 saturated heterocycles. The van der Waals surface area contributed by atoms with Crippen LogP contribution in [0.25, 0.3) is 0 Å². The summed E-state index contributed by atoms with van der Waals surface area (Å²) >= 11 is 0. The van der Waals surface area contributed by atoms with Crippen LogP contribution in [0.3, 0.4) is 0 Å². The molecule has 0 spiro atoms. The van der Waals surface area contributed by atoms with E-state index < -0.39 is 0 Å². The van der Waals surface area contributed by atoms with Crippen molar-refractivity contribution in [2.45, 2.75) is 39.5 Å². The maximum atomic E-state index is 12.3. The molecule has 0 aromatic carbocycles. The third-order valence-electron chi connectivity index (χ3n) is 4.14. The second kappa shape index (κ2) is 6.96. The Morgan fingerprint density at radius 1 is 1.46 bits per heavy atom. The van der Waals surface area contributed by atoms with Crippen LogP contribution < -0.4 is 10.1 Å². The number of carbonyl (C=O) groups excluding carboxylic acids is 1. The molecule has 2 aromatic heterocycles. The van der Waals surface area contributed by atoms with Crippen molar-refractivity contribution in [3.05, 3.63) is 35.5 Å². The summed E-state index contributed by atoms with van der Waals surface area (Å²) in [5.41, 5.74) is 2.35. The fourth-order valence-corrected chi connectivity index (χ4v) is 2.82. The van der Waals surface area contributed by atoms with Gasteiger partial charge in [0.15, 0.2) is 0 Å². The van der Waals surface area contributed by atoms with Gasteiger partial charge in [0.2, 0.25) is 5.88 Å². The Labute approximate surface area is 140 Å². The van der Waals surface area contributed by atoms with E-state index in [2.05, 4.69) is 27.3 Å². The first-order valence-electron chi connectivity index (χ1n) is 8.04. The number of methoxy groups -OCH3 is 1. The average Bonchev–Trinajstić information content (AvgIpc) is 3.20. The van der Waals surface area contributed by atoms with E-state index in [0.29, 0.717) is 37.6 Å². The molecule has 2 aromatic rings. The van der Waals surface area contributed by atoms with E-state index in [9.17, 15) is 4.79 Å². The van der Waals surface area contributed by atoms with E-state index in [4.69, 9.17) is 4.74 Å². The van der Waals surface area contributed by atoms with Crippen molar-refractivity contribution < 1.29 is 9.53 Å². The van der Waals surface area contributed by atoms with Gasteiger partial charge in [0.25, 0.3) is 5.91 Å². The molecule has 1 N–H and O–H groups in total. The van der Waals surface area contributed by atoms with Gasteiger partial charge in [-0.05, 0) is 19.9 Å². The Bertz CT molecular complexity index is 716. The quantitative estimate of drug-likeness (QED) is 0.809. The van der Waals surface area contributed by atoms with Gasteiger partial charge in [-0.3, -0.25) is 9.48 Å². The van der Waals surface area contributed by atoms with E-state index in [1.807, 2.05) is 13.0 Å². The molecular formula is C16H22N6O2. The van der Waals surface area contributed by atoms with Crippen LogP contribution in [0.2, 0.25) is 0 Å². The fraction of sp³-hybridized carbons (Fsp3) is 0.500. The molecule has 0 unspecified atom stereocenters. The third kappa shape index (κ3) is 3.23. The molecule has 1 aliphatic heterocycles. The first-order valence-corrected chi connectivity index (χ1v) is 8.04. The molecule has 128 valence electrons. The third-order valence-corrected chi connectivity index (χ3v) is 4.14. The number of nitrogens with one attached hydrogen (secondary N) is 1. The molecule has 0 fully saturated rings. The van der Waals surface area contributed by atoms with E-state index in [1.54, 1.807) is 23.0 Å². The lowest BCUT2D eigenvalue weighted by Crippen LogP contribution is -2.30. The molecule has 1 atom stereocenters. The summed E-state index contributed by atoms with van der Waals surface area (Å²) in [6.45, 7) is 6.55. The summed E-state index contributed by atoms with van der Waals surface area (Å²) in [4.78, 5) is 22.6. The van der Waals surface area contributed by atoms with Gasteiger partial charge in [0, 0.05) is 24.7 Å². The number of carbonyl (C=O) groups is 1. The summed E-state index contributed by atoms with van der Waals surface area (Å²) in [6.07, 6.45) is 3.21.